The molecule has 0 aromatic heterocycles. The molecule has 1 saturated carbocycles. The third kappa shape index (κ3) is 3.63. The van der Waals surface area contributed by atoms with Gasteiger partial charge in [-0.1, -0.05) is 11.6 Å². The van der Waals surface area contributed by atoms with Gasteiger partial charge in [0.2, 0.25) is 5.91 Å². The molecule has 0 aliphatic heterocycles. The van der Waals surface area contributed by atoms with Gasteiger partial charge in [0.25, 0.3) is 0 Å². The predicted molar refractivity (Wildman–Crippen MR) is 67.4 cm³/mol. The van der Waals surface area contributed by atoms with Gasteiger partial charge in [0.05, 0.1) is 6.54 Å². The van der Waals surface area contributed by atoms with Gasteiger partial charge < -0.3 is 10.1 Å². The molecule has 17 heavy (non-hydrogen) atoms. The van der Waals surface area contributed by atoms with Gasteiger partial charge in [-0.15, -0.1) is 0 Å². The fourth-order valence-corrected chi connectivity index (χ4v) is 1.83. The van der Waals surface area contributed by atoms with E-state index in [-0.39, 0.29) is 11.8 Å². The van der Waals surface area contributed by atoms with Crippen LogP contribution in [0.5, 0.6) is 5.75 Å². The van der Waals surface area contributed by atoms with E-state index in [9.17, 15) is 4.79 Å². The Morgan fingerprint density at radius 1 is 1.53 bits per heavy atom. The highest BCUT2D eigenvalue weighted by atomic mass is 35.5. The minimum Gasteiger partial charge on any atom is -0.491 e. The summed E-state index contributed by atoms with van der Waals surface area (Å²) in [6.07, 6.45) is 2.06. The van der Waals surface area contributed by atoms with Crippen LogP contribution < -0.4 is 10.1 Å². The second-order valence-corrected chi connectivity index (χ2v) is 4.76. The molecule has 0 atom stereocenters. The average molecular weight is 254 g/mol. The van der Waals surface area contributed by atoms with Crippen LogP contribution in [-0.4, -0.2) is 19.1 Å². The van der Waals surface area contributed by atoms with Gasteiger partial charge in [-0.25, -0.2) is 0 Å². The van der Waals surface area contributed by atoms with Crippen LogP contribution >= 0.6 is 11.6 Å². The number of hydrogen-bond donors (Lipinski definition) is 1. The summed E-state index contributed by atoms with van der Waals surface area (Å²) >= 11 is 5.85. The number of carbonyl (C=O) groups excluding carboxylic acids is 1. The van der Waals surface area contributed by atoms with Crippen LogP contribution in [0.2, 0.25) is 5.02 Å². The number of nitrogens with one attached hydrogen (secondary N) is 1. The Hall–Kier alpha value is -1.22. The van der Waals surface area contributed by atoms with Crippen LogP contribution in [0.3, 0.4) is 0 Å². The molecule has 4 heteroatoms. The first-order valence-corrected chi connectivity index (χ1v) is 6.21. The van der Waals surface area contributed by atoms with Crippen molar-refractivity contribution >= 4 is 17.5 Å². The molecule has 1 aliphatic carbocycles. The van der Waals surface area contributed by atoms with Gasteiger partial charge in [-0.05, 0) is 43.5 Å². The lowest BCUT2D eigenvalue weighted by atomic mass is 10.2. The minimum atomic E-state index is 0.154. The summed E-state index contributed by atoms with van der Waals surface area (Å²) in [6.45, 7) is 2.99. The largest absolute Gasteiger partial charge is 0.491 e. The van der Waals surface area contributed by atoms with Gasteiger partial charge in [0.15, 0.2) is 0 Å². The Balaban J connectivity index is 1.72. The third-order valence-electron chi connectivity index (χ3n) is 2.74. The molecule has 0 saturated heterocycles. The third-order valence-corrected chi connectivity index (χ3v) is 2.98. The first kappa shape index (κ1) is 12.2. The van der Waals surface area contributed by atoms with Crippen molar-refractivity contribution in [2.45, 2.75) is 19.8 Å². The molecule has 1 N–H and O–H groups in total. The standard InChI is InChI=1S/C13H16ClNO2/c1-9-8-11(14)4-5-12(9)17-7-6-15-13(16)10-2-3-10/h4-5,8,10H,2-3,6-7H2,1H3,(H,15,16). The molecule has 1 amide bonds. The second kappa shape index (κ2) is 5.41. The molecule has 1 fully saturated rings. The molecular weight excluding hydrogens is 238 g/mol. The van der Waals surface area contributed by atoms with Gasteiger partial charge >= 0.3 is 0 Å². The van der Waals surface area contributed by atoms with Crippen molar-refractivity contribution < 1.29 is 9.53 Å². The average Bonchev–Trinajstić information content (AvgIpc) is 3.10. The maximum absolute atomic E-state index is 11.3. The van der Waals surface area contributed by atoms with E-state index in [0.717, 1.165) is 24.2 Å². The van der Waals surface area contributed by atoms with E-state index in [4.69, 9.17) is 16.3 Å². The van der Waals surface area contributed by atoms with E-state index in [2.05, 4.69) is 5.32 Å². The van der Waals surface area contributed by atoms with Crippen LogP contribution in [0.15, 0.2) is 18.2 Å². The molecule has 3 nitrogen and oxygen atoms in total. The predicted octanol–water partition coefficient (Wildman–Crippen LogP) is 2.55. The van der Waals surface area contributed by atoms with Gasteiger partial charge in [0, 0.05) is 10.9 Å². The number of amides is 1. The molecule has 1 aliphatic rings. The Kier molecular flexibility index (Phi) is 3.89. The maximum Gasteiger partial charge on any atom is 0.223 e. The molecule has 0 heterocycles. The Morgan fingerprint density at radius 3 is 2.94 bits per heavy atom. The van der Waals surface area contributed by atoms with Crippen molar-refractivity contribution in [3.63, 3.8) is 0 Å². The second-order valence-electron chi connectivity index (χ2n) is 4.32. The lowest BCUT2D eigenvalue weighted by molar-refractivity contribution is -0.122. The normalized spacial score (nSPS) is 14.5. The van der Waals surface area contributed by atoms with Crippen molar-refractivity contribution in [1.82, 2.24) is 5.32 Å². The summed E-state index contributed by atoms with van der Waals surface area (Å²) in [5.41, 5.74) is 1.01. The molecule has 0 radical (unpaired) electrons. The summed E-state index contributed by atoms with van der Waals surface area (Å²) in [5, 5.41) is 3.56. The van der Waals surface area contributed by atoms with Crippen molar-refractivity contribution in [1.29, 1.82) is 0 Å². The van der Waals surface area contributed by atoms with E-state index in [1.165, 1.54) is 0 Å². The first-order valence-electron chi connectivity index (χ1n) is 5.83. The summed E-state index contributed by atoms with van der Waals surface area (Å²) in [6, 6.07) is 5.51. The Labute approximate surface area is 106 Å². The maximum atomic E-state index is 11.3. The number of benzene rings is 1. The molecule has 0 unspecified atom stereocenters. The van der Waals surface area contributed by atoms with E-state index in [0.29, 0.717) is 18.2 Å². The smallest absolute Gasteiger partial charge is 0.223 e. The van der Waals surface area contributed by atoms with Crippen LogP contribution in [0, 0.1) is 12.8 Å². The lowest BCUT2D eigenvalue weighted by Gasteiger charge is -2.09. The highest BCUT2D eigenvalue weighted by Gasteiger charge is 2.28. The zero-order valence-corrected chi connectivity index (χ0v) is 10.6. The van der Waals surface area contributed by atoms with Crippen LogP contribution in [0.25, 0.3) is 0 Å². The number of rotatable bonds is 5. The molecule has 1 aromatic rings. The first-order chi connectivity index (χ1) is 8.16. The van der Waals surface area contributed by atoms with Crippen molar-refractivity contribution in [3.8, 4) is 5.75 Å². The highest BCUT2D eigenvalue weighted by molar-refractivity contribution is 6.30. The quantitative estimate of drug-likeness (QED) is 0.819. The molecular formula is C13H16ClNO2. The highest BCUT2D eigenvalue weighted by Crippen LogP contribution is 2.28. The summed E-state index contributed by atoms with van der Waals surface area (Å²) < 4.78 is 5.57. The molecule has 92 valence electrons. The Morgan fingerprint density at radius 2 is 2.29 bits per heavy atom. The van der Waals surface area contributed by atoms with Crippen molar-refractivity contribution in [3.05, 3.63) is 28.8 Å². The fourth-order valence-electron chi connectivity index (χ4n) is 1.60. The molecule has 1 aromatic carbocycles. The minimum absolute atomic E-state index is 0.154. The topological polar surface area (TPSA) is 38.3 Å². The molecule has 0 spiro atoms. The molecule has 2 rings (SSSR count). The van der Waals surface area contributed by atoms with Gasteiger partial charge in [0.1, 0.15) is 12.4 Å². The lowest BCUT2D eigenvalue weighted by Crippen LogP contribution is -2.29. The summed E-state index contributed by atoms with van der Waals surface area (Å²) in [4.78, 5) is 11.3. The number of halogens is 1. The summed E-state index contributed by atoms with van der Waals surface area (Å²) in [7, 11) is 0. The van der Waals surface area contributed by atoms with Crippen LogP contribution in [0.1, 0.15) is 18.4 Å². The number of hydrogen-bond acceptors (Lipinski definition) is 2. The van der Waals surface area contributed by atoms with Gasteiger partial charge in [-0.3, -0.25) is 4.79 Å². The van der Waals surface area contributed by atoms with Crippen molar-refractivity contribution in [2.75, 3.05) is 13.2 Å². The van der Waals surface area contributed by atoms with Crippen molar-refractivity contribution in [2.24, 2.45) is 5.92 Å². The van der Waals surface area contributed by atoms with E-state index in [1.807, 2.05) is 19.1 Å². The monoisotopic (exact) mass is 253 g/mol. The van der Waals surface area contributed by atoms with Crippen LogP contribution in [0.4, 0.5) is 0 Å². The number of aryl methyl sites for hydroxylation is 1. The number of carbonyl (C=O) groups is 1. The molecule has 0 bridgehead atoms. The Bertz CT molecular complexity index is 416. The van der Waals surface area contributed by atoms with E-state index in [1.54, 1.807) is 6.07 Å². The van der Waals surface area contributed by atoms with E-state index >= 15 is 0 Å². The number of ether oxygens (including phenoxy) is 1. The SMILES string of the molecule is Cc1cc(Cl)ccc1OCCNC(=O)C1CC1. The zero-order chi connectivity index (χ0) is 12.3. The summed E-state index contributed by atoms with van der Waals surface area (Å²) in [5.74, 6) is 1.23. The van der Waals surface area contributed by atoms with Gasteiger partial charge in [-0.2, -0.15) is 0 Å². The van der Waals surface area contributed by atoms with Crippen LogP contribution in [-0.2, 0) is 4.79 Å². The fraction of sp³-hybridized carbons (Fsp3) is 0.462. The zero-order valence-electron chi connectivity index (χ0n) is 9.83. The van der Waals surface area contributed by atoms with E-state index < -0.39 is 0 Å².